The van der Waals surface area contributed by atoms with E-state index in [2.05, 4.69) is 6.92 Å². The van der Waals surface area contributed by atoms with Crippen molar-refractivity contribution in [2.45, 2.75) is 71.4 Å². The lowest BCUT2D eigenvalue weighted by Gasteiger charge is -2.49. The van der Waals surface area contributed by atoms with Crippen LogP contribution < -0.4 is 0 Å². The van der Waals surface area contributed by atoms with Crippen molar-refractivity contribution in [3.8, 4) is 0 Å². The van der Waals surface area contributed by atoms with Gasteiger partial charge in [-0.3, -0.25) is 9.59 Å². The van der Waals surface area contributed by atoms with E-state index in [4.69, 9.17) is 0 Å². The van der Waals surface area contributed by atoms with E-state index in [1.54, 1.807) is 0 Å². The third-order valence-electron chi connectivity index (χ3n) is 7.04. The normalized spacial score (nSPS) is 42.4. The number of aliphatic hydroxyl groups excluding tert-OH is 2. The number of carbonyl (C=O) groups is 2. The van der Waals surface area contributed by atoms with E-state index in [-0.39, 0.29) is 11.3 Å². The second kappa shape index (κ2) is 6.42. The lowest BCUT2D eigenvalue weighted by atomic mass is 9.55. The smallest absolute Gasteiger partial charge is 0.261 e. The molecule has 3 fully saturated rings. The van der Waals surface area contributed by atoms with Gasteiger partial charge in [0.1, 0.15) is 17.4 Å². The van der Waals surface area contributed by atoms with Crippen LogP contribution >= 0.6 is 0 Å². The number of carbonyl (C=O) groups excluding carboxylic acids is 2. The zero-order valence-electron chi connectivity index (χ0n) is 15.8. The van der Waals surface area contributed by atoms with Crippen LogP contribution in [0.5, 0.6) is 0 Å². The number of nitrogens with zero attached hydrogens (tertiary/aromatic N) is 1. The first kappa shape index (κ1) is 18.4. The number of rotatable bonds is 2. The van der Waals surface area contributed by atoms with Crippen LogP contribution in [0.3, 0.4) is 0 Å². The Balaban J connectivity index is 2.00. The maximum Gasteiger partial charge on any atom is 0.261 e. The van der Waals surface area contributed by atoms with E-state index in [1.165, 1.54) is 31.7 Å². The highest BCUT2D eigenvalue weighted by molar-refractivity contribution is 6.27. The van der Waals surface area contributed by atoms with E-state index in [0.717, 1.165) is 25.7 Å². The summed E-state index contributed by atoms with van der Waals surface area (Å²) in [5.41, 5.74) is -0.604. The number of Topliss-reactive ketones (excluding diaryl/α,β-unsaturated/α-hetero) is 1. The fraction of sp³-hybridized carbons (Fsp3) is 0.800. The highest BCUT2D eigenvalue weighted by Crippen LogP contribution is 2.55. The molecule has 1 heterocycles. The monoisotopic (exact) mass is 349 g/mol. The molecule has 3 aliphatic rings. The molecule has 0 radical (unpaired) electrons. The Morgan fingerprint density at radius 1 is 1.28 bits per heavy atom. The van der Waals surface area contributed by atoms with E-state index in [9.17, 15) is 19.8 Å². The minimum Gasteiger partial charge on any atom is -0.511 e. The lowest BCUT2D eigenvalue weighted by Crippen LogP contribution is -2.42. The fourth-order valence-electron chi connectivity index (χ4n) is 5.65. The van der Waals surface area contributed by atoms with Gasteiger partial charge < -0.3 is 15.1 Å². The zero-order valence-corrected chi connectivity index (χ0v) is 15.8. The molecule has 0 aromatic carbocycles. The van der Waals surface area contributed by atoms with E-state index >= 15 is 0 Å². The Bertz CT molecular complexity index is 611. The Morgan fingerprint density at radius 3 is 2.56 bits per heavy atom. The molecule has 2 N–H and O–H groups in total. The van der Waals surface area contributed by atoms with Crippen molar-refractivity contribution in [2.75, 3.05) is 7.05 Å². The van der Waals surface area contributed by atoms with E-state index in [1.807, 2.05) is 6.92 Å². The van der Waals surface area contributed by atoms with E-state index in [0.29, 0.717) is 17.8 Å². The van der Waals surface area contributed by atoms with Gasteiger partial charge in [-0.15, -0.1) is 0 Å². The predicted octanol–water partition coefficient (Wildman–Crippen LogP) is 2.83. The minimum atomic E-state index is -0.950. The number of hydrogen-bond donors (Lipinski definition) is 2. The summed E-state index contributed by atoms with van der Waals surface area (Å²) in [5.74, 6) is 0.665. The molecule has 0 spiro atoms. The van der Waals surface area contributed by atoms with Crippen LogP contribution in [0, 0.1) is 23.2 Å². The molecule has 1 amide bonds. The quantitative estimate of drug-likeness (QED) is 0.456. The third kappa shape index (κ3) is 2.80. The molecule has 0 bridgehead atoms. The second-order valence-electron chi connectivity index (χ2n) is 8.78. The van der Waals surface area contributed by atoms with Gasteiger partial charge in [0, 0.05) is 12.5 Å². The predicted molar refractivity (Wildman–Crippen MR) is 94.9 cm³/mol. The molecule has 2 saturated carbocycles. The van der Waals surface area contributed by atoms with Crippen LogP contribution in [-0.2, 0) is 9.59 Å². The number of likely N-dealkylation sites (tertiary alicyclic amines) is 1. The molecule has 1 saturated heterocycles. The fourth-order valence-corrected chi connectivity index (χ4v) is 5.65. The number of aliphatic hydroxyl groups is 2. The van der Waals surface area contributed by atoms with Crippen LogP contribution in [0.1, 0.15) is 59.3 Å². The Kier molecular flexibility index (Phi) is 4.73. The Labute approximate surface area is 150 Å². The van der Waals surface area contributed by atoms with E-state index < -0.39 is 29.3 Å². The molecular formula is C20H31NO4. The summed E-state index contributed by atoms with van der Waals surface area (Å²) in [6.45, 7) is 5.82. The van der Waals surface area contributed by atoms with Crippen LogP contribution in [0.2, 0.25) is 0 Å². The van der Waals surface area contributed by atoms with Crippen molar-refractivity contribution < 1.29 is 19.8 Å². The van der Waals surface area contributed by atoms with Crippen molar-refractivity contribution in [1.29, 1.82) is 0 Å². The van der Waals surface area contributed by atoms with Gasteiger partial charge in [0.15, 0.2) is 5.78 Å². The number of likely N-dealkylation sites (N-methyl/N-ethyl adjacent to an activating group) is 1. The molecule has 0 aromatic rings. The summed E-state index contributed by atoms with van der Waals surface area (Å²) in [5, 5.41) is 21.0. The van der Waals surface area contributed by atoms with Gasteiger partial charge >= 0.3 is 0 Å². The SMILES string of the molecule is CC(O)[C@@H]1C(=O)/C(=C(\O)[C@]2(C)CCCC3C[C@@H](C)CCC32)C(=O)N1C. The van der Waals surface area contributed by atoms with Crippen molar-refractivity contribution in [3.05, 3.63) is 11.3 Å². The molecule has 3 rings (SSSR count). The molecule has 140 valence electrons. The maximum atomic E-state index is 12.8. The molecule has 3 unspecified atom stereocenters. The topological polar surface area (TPSA) is 77.8 Å². The largest absolute Gasteiger partial charge is 0.511 e. The van der Waals surface area contributed by atoms with Crippen LogP contribution in [0.25, 0.3) is 0 Å². The summed E-state index contributed by atoms with van der Waals surface area (Å²) in [6.07, 6.45) is 5.39. The summed E-state index contributed by atoms with van der Waals surface area (Å²) in [4.78, 5) is 26.7. The first-order valence-electron chi connectivity index (χ1n) is 9.61. The van der Waals surface area contributed by atoms with Gasteiger partial charge in [0.2, 0.25) is 0 Å². The highest BCUT2D eigenvalue weighted by Gasteiger charge is 2.52. The number of hydrogen-bond acceptors (Lipinski definition) is 4. The van der Waals surface area contributed by atoms with Crippen molar-refractivity contribution in [2.24, 2.45) is 23.2 Å². The summed E-state index contributed by atoms with van der Waals surface area (Å²) in [6, 6.07) is -0.890. The molecule has 5 heteroatoms. The van der Waals surface area contributed by atoms with Gasteiger partial charge in [-0.25, -0.2) is 0 Å². The second-order valence-corrected chi connectivity index (χ2v) is 8.78. The first-order valence-corrected chi connectivity index (χ1v) is 9.61. The van der Waals surface area contributed by atoms with Gasteiger partial charge in [0.05, 0.1) is 6.10 Å². The maximum absolute atomic E-state index is 12.8. The van der Waals surface area contributed by atoms with Crippen LogP contribution in [-0.4, -0.2) is 46.0 Å². The first-order chi connectivity index (χ1) is 11.7. The summed E-state index contributed by atoms with van der Waals surface area (Å²) >= 11 is 0. The van der Waals surface area contributed by atoms with Crippen molar-refractivity contribution in [3.63, 3.8) is 0 Å². The average Bonchev–Trinajstić information content (AvgIpc) is 2.76. The average molecular weight is 349 g/mol. The van der Waals surface area contributed by atoms with Gasteiger partial charge in [-0.05, 0) is 43.9 Å². The summed E-state index contributed by atoms with van der Waals surface area (Å²) in [7, 11) is 1.52. The standard InChI is InChI=1S/C20H31NO4/c1-11-7-8-14-13(10-11)6-5-9-20(14,3)18(24)15-17(23)16(12(2)22)21(4)19(15)25/h11-14,16,22,24H,5-10H2,1-4H3/b18-15+/t11-,12?,13?,14?,16+,20+/m0/s1. The highest BCUT2D eigenvalue weighted by atomic mass is 16.3. The number of allylic oxidation sites excluding steroid dienone is 1. The number of amides is 1. The molecule has 0 aromatic heterocycles. The van der Waals surface area contributed by atoms with Gasteiger partial charge in [-0.2, -0.15) is 0 Å². The lowest BCUT2D eigenvalue weighted by molar-refractivity contribution is -0.128. The van der Waals surface area contributed by atoms with Crippen LogP contribution in [0.15, 0.2) is 11.3 Å². The zero-order chi connectivity index (χ0) is 18.5. The summed E-state index contributed by atoms with van der Waals surface area (Å²) < 4.78 is 0. The van der Waals surface area contributed by atoms with Crippen LogP contribution in [0.4, 0.5) is 0 Å². The molecule has 2 aliphatic carbocycles. The number of ketones is 1. The third-order valence-corrected chi connectivity index (χ3v) is 7.04. The van der Waals surface area contributed by atoms with Gasteiger partial charge in [-0.1, -0.05) is 33.1 Å². The molecular weight excluding hydrogens is 318 g/mol. The molecule has 5 nitrogen and oxygen atoms in total. The Hall–Kier alpha value is -1.36. The van der Waals surface area contributed by atoms with Crippen molar-refractivity contribution >= 4 is 11.7 Å². The molecule has 1 aliphatic heterocycles. The Morgan fingerprint density at radius 2 is 1.96 bits per heavy atom. The minimum absolute atomic E-state index is 0.0262. The molecule has 25 heavy (non-hydrogen) atoms. The molecule has 6 atom stereocenters. The number of fused-ring (bicyclic) bond motifs is 1. The van der Waals surface area contributed by atoms with Crippen molar-refractivity contribution in [1.82, 2.24) is 4.90 Å². The van der Waals surface area contributed by atoms with Gasteiger partial charge in [0.25, 0.3) is 5.91 Å².